The van der Waals surface area contributed by atoms with Crippen LogP contribution >= 0.6 is 11.6 Å². The molecular weight excluding hydrogens is 526 g/mol. The van der Waals surface area contributed by atoms with Crippen LogP contribution in [0, 0.1) is 5.92 Å². The fraction of sp³-hybridized carbons (Fsp3) is 0.375. The molecule has 1 N–H and O–H groups in total. The minimum atomic E-state index is -0.602. The molecule has 3 aromatic carbocycles. The second-order valence-electron chi connectivity index (χ2n) is 11.1. The molecule has 0 aliphatic carbocycles. The Bertz CT molecular complexity index is 1460. The zero-order chi connectivity index (χ0) is 27.8. The molecule has 0 spiro atoms. The van der Waals surface area contributed by atoms with Crippen LogP contribution in [0.15, 0.2) is 61.2 Å². The number of nitrogens with zero attached hydrogens (tertiary/aromatic N) is 3. The largest absolute Gasteiger partial charge is 0.508 e. The van der Waals surface area contributed by atoms with Gasteiger partial charge in [0.15, 0.2) is 6.10 Å². The smallest absolute Gasteiger partial charge is 0.268 e. The number of likely N-dealkylation sites (tertiary alicyclic amines) is 2. The van der Waals surface area contributed by atoms with E-state index in [9.17, 15) is 14.7 Å². The van der Waals surface area contributed by atoms with Crippen LogP contribution < -0.4 is 9.64 Å². The average Bonchev–Trinajstić information content (AvgIpc) is 2.94. The third kappa shape index (κ3) is 5.16. The first-order chi connectivity index (χ1) is 19.4. The molecule has 6 rings (SSSR count). The van der Waals surface area contributed by atoms with Crippen molar-refractivity contribution in [1.82, 2.24) is 9.80 Å². The molecule has 0 radical (unpaired) electrons. The molecule has 2 fully saturated rings. The molecule has 1 atom stereocenters. The number of benzene rings is 3. The molecule has 0 saturated carbocycles. The van der Waals surface area contributed by atoms with Gasteiger partial charge in [0.2, 0.25) is 5.91 Å². The van der Waals surface area contributed by atoms with Gasteiger partial charge in [-0.05, 0) is 72.6 Å². The Kier molecular flexibility index (Phi) is 7.43. The van der Waals surface area contributed by atoms with Crippen LogP contribution in [0.4, 0.5) is 5.69 Å². The van der Waals surface area contributed by atoms with Gasteiger partial charge in [0.1, 0.15) is 11.5 Å². The summed E-state index contributed by atoms with van der Waals surface area (Å²) in [6.07, 6.45) is 4.97. The second-order valence-corrected chi connectivity index (χ2v) is 11.5. The summed E-state index contributed by atoms with van der Waals surface area (Å²) in [6.45, 7) is 8.16. The molecule has 0 bridgehead atoms. The summed E-state index contributed by atoms with van der Waals surface area (Å²) in [5.74, 6) is 0.770. The Labute approximate surface area is 239 Å². The van der Waals surface area contributed by atoms with E-state index < -0.39 is 6.10 Å². The van der Waals surface area contributed by atoms with Gasteiger partial charge in [0.05, 0.1) is 10.7 Å². The number of fused-ring (bicyclic) bond motifs is 2. The maximum atomic E-state index is 13.8. The number of phenols is 1. The molecule has 3 heterocycles. The molecule has 8 heteroatoms. The molecular formula is C32H34ClN3O4. The summed E-state index contributed by atoms with van der Waals surface area (Å²) < 4.78 is 6.42. The van der Waals surface area contributed by atoms with Gasteiger partial charge in [-0.1, -0.05) is 48.9 Å². The van der Waals surface area contributed by atoms with Crippen LogP contribution in [-0.4, -0.2) is 72.1 Å². The number of hydrogen-bond donors (Lipinski definition) is 1. The Balaban J connectivity index is 1.33. The Morgan fingerprint density at radius 2 is 1.85 bits per heavy atom. The standard InChI is InChI=1S/C32H34ClN3O4/c1-2-31(38)35-18-21(19-35)20-36-28-17-27(33)26(25-15-23(37)14-22-8-4-5-9-24(22)25)16-30(28)40-29(32(36)39)10-13-34-11-6-3-7-12-34/h2,4-5,8-9,14-17,21,29,37H,1,3,6-7,10-13,18-20H2/t29-/m0/s1. The van der Waals surface area contributed by atoms with Crippen molar-refractivity contribution < 1.29 is 19.4 Å². The molecule has 2 amide bonds. The summed E-state index contributed by atoms with van der Waals surface area (Å²) in [5, 5.41) is 12.8. The van der Waals surface area contributed by atoms with Crippen LogP contribution in [0.2, 0.25) is 5.02 Å². The zero-order valence-electron chi connectivity index (χ0n) is 22.5. The predicted molar refractivity (Wildman–Crippen MR) is 158 cm³/mol. The quantitative estimate of drug-likeness (QED) is 0.388. The second kappa shape index (κ2) is 11.1. The lowest BCUT2D eigenvalue weighted by atomic mass is 9.95. The first kappa shape index (κ1) is 26.7. The molecule has 7 nitrogen and oxygen atoms in total. The minimum absolute atomic E-state index is 0.0652. The monoisotopic (exact) mass is 559 g/mol. The fourth-order valence-electron chi connectivity index (χ4n) is 6.17. The maximum absolute atomic E-state index is 13.8. The lowest BCUT2D eigenvalue weighted by molar-refractivity contribution is -0.132. The highest BCUT2D eigenvalue weighted by Crippen LogP contribution is 2.45. The van der Waals surface area contributed by atoms with Gasteiger partial charge in [-0.25, -0.2) is 0 Å². The number of anilines is 1. The highest BCUT2D eigenvalue weighted by atomic mass is 35.5. The summed E-state index contributed by atoms with van der Waals surface area (Å²) in [7, 11) is 0. The number of ether oxygens (including phenoxy) is 1. The van der Waals surface area contributed by atoms with Crippen molar-refractivity contribution in [2.45, 2.75) is 31.8 Å². The zero-order valence-corrected chi connectivity index (χ0v) is 23.3. The molecule has 0 unspecified atom stereocenters. The van der Waals surface area contributed by atoms with Crippen molar-refractivity contribution in [3.63, 3.8) is 0 Å². The number of phenolic OH excluding ortho intramolecular Hbond substituents is 1. The number of carbonyl (C=O) groups excluding carboxylic acids is 2. The van der Waals surface area contributed by atoms with E-state index >= 15 is 0 Å². The van der Waals surface area contributed by atoms with E-state index in [0.29, 0.717) is 42.5 Å². The third-order valence-corrected chi connectivity index (χ3v) is 8.64. The van der Waals surface area contributed by atoms with Crippen molar-refractivity contribution >= 4 is 39.9 Å². The van der Waals surface area contributed by atoms with Gasteiger partial charge < -0.3 is 24.5 Å². The van der Waals surface area contributed by atoms with E-state index in [1.807, 2.05) is 30.3 Å². The van der Waals surface area contributed by atoms with Crippen molar-refractivity contribution in [2.24, 2.45) is 5.92 Å². The normalized spacial score (nSPS) is 19.7. The van der Waals surface area contributed by atoms with Crippen LogP contribution in [0.5, 0.6) is 11.5 Å². The van der Waals surface area contributed by atoms with Crippen LogP contribution in [0.25, 0.3) is 21.9 Å². The lowest BCUT2D eigenvalue weighted by Gasteiger charge is -2.43. The highest BCUT2D eigenvalue weighted by Gasteiger charge is 2.39. The Morgan fingerprint density at radius 3 is 2.62 bits per heavy atom. The van der Waals surface area contributed by atoms with Crippen LogP contribution in [-0.2, 0) is 9.59 Å². The number of carbonyl (C=O) groups is 2. The van der Waals surface area contributed by atoms with Gasteiger partial charge >= 0.3 is 0 Å². The highest BCUT2D eigenvalue weighted by molar-refractivity contribution is 6.34. The minimum Gasteiger partial charge on any atom is -0.508 e. The topological polar surface area (TPSA) is 73.3 Å². The van der Waals surface area contributed by atoms with Gasteiger partial charge in [0.25, 0.3) is 5.91 Å². The summed E-state index contributed by atoms with van der Waals surface area (Å²) in [6, 6.07) is 15.0. The van der Waals surface area contributed by atoms with E-state index in [0.717, 1.165) is 41.5 Å². The molecule has 2 saturated heterocycles. The van der Waals surface area contributed by atoms with Gasteiger partial charge in [-0.2, -0.15) is 0 Å². The van der Waals surface area contributed by atoms with E-state index in [4.69, 9.17) is 16.3 Å². The van der Waals surface area contributed by atoms with Crippen LogP contribution in [0.3, 0.4) is 0 Å². The van der Waals surface area contributed by atoms with Gasteiger partial charge in [-0.15, -0.1) is 0 Å². The van der Waals surface area contributed by atoms with Gasteiger partial charge in [-0.3, -0.25) is 9.59 Å². The van der Waals surface area contributed by atoms with Crippen molar-refractivity contribution in [2.75, 3.05) is 44.2 Å². The number of hydrogen-bond acceptors (Lipinski definition) is 5. The van der Waals surface area contributed by atoms with Crippen molar-refractivity contribution in [1.29, 1.82) is 0 Å². The molecule has 208 valence electrons. The van der Waals surface area contributed by atoms with E-state index in [-0.39, 0.29) is 23.5 Å². The van der Waals surface area contributed by atoms with Crippen molar-refractivity contribution in [3.8, 4) is 22.6 Å². The summed E-state index contributed by atoms with van der Waals surface area (Å²) in [4.78, 5) is 31.7. The first-order valence-electron chi connectivity index (χ1n) is 14.1. The summed E-state index contributed by atoms with van der Waals surface area (Å²) in [5.41, 5.74) is 2.19. The SMILES string of the molecule is C=CC(=O)N1CC(CN2C(=O)[C@H](CCN3CCCCC3)Oc3cc(-c4cc(O)cc5ccccc45)c(Cl)cc32)C1. The van der Waals surface area contributed by atoms with E-state index in [1.54, 1.807) is 28.0 Å². The van der Waals surface area contributed by atoms with Crippen molar-refractivity contribution in [3.05, 3.63) is 66.2 Å². The number of aromatic hydroxyl groups is 1. The molecule has 40 heavy (non-hydrogen) atoms. The maximum Gasteiger partial charge on any atom is 0.268 e. The predicted octanol–water partition coefficient (Wildman–Crippen LogP) is 5.48. The number of rotatable bonds is 7. The molecule has 3 aliphatic heterocycles. The molecule has 0 aromatic heterocycles. The first-order valence-corrected chi connectivity index (χ1v) is 14.5. The number of piperidine rings is 1. The van der Waals surface area contributed by atoms with Gasteiger partial charge in [0, 0.05) is 44.1 Å². The Hall–Kier alpha value is -3.55. The number of amides is 2. The average molecular weight is 560 g/mol. The van der Waals surface area contributed by atoms with E-state index in [1.165, 1.54) is 25.3 Å². The summed E-state index contributed by atoms with van der Waals surface area (Å²) >= 11 is 6.88. The van der Waals surface area contributed by atoms with E-state index in [2.05, 4.69) is 11.5 Å². The third-order valence-electron chi connectivity index (χ3n) is 8.33. The number of halogens is 1. The molecule has 3 aromatic rings. The molecule has 3 aliphatic rings. The lowest BCUT2D eigenvalue weighted by Crippen LogP contribution is -2.56. The van der Waals surface area contributed by atoms with Crippen LogP contribution in [0.1, 0.15) is 25.7 Å². The Morgan fingerprint density at radius 1 is 1.07 bits per heavy atom. The fourth-order valence-corrected chi connectivity index (χ4v) is 6.43.